The van der Waals surface area contributed by atoms with Gasteiger partial charge < -0.3 is 9.47 Å². The number of H-pyrrole nitrogens is 1. The second kappa shape index (κ2) is 9.61. The molecule has 0 spiro atoms. The van der Waals surface area contributed by atoms with E-state index < -0.39 is 0 Å². The van der Waals surface area contributed by atoms with Crippen LogP contribution < -0.4 is 0 Å². The lowest BCUT2D eigenvalue weighted by molar-refractivity contribution is -0.130. The first-order valence-corrected chi connectivity index (χ1v) is 11.5. The van der Waals surface area contributed by atoms with Gasteiger partial charge in [0.25, 0.3) is 0 Å². The third-order valence-corrected chi connectivity index (χ3v) is 6.43. The molecule has 0 aliphatic carbocycles. The van der Waals surface area contributed by atoms with E-state index in [-0.39, 0.29) is 5.91 Å². The molecule has 31 heavy (non-hydrogen) atoms. The lowest BCUT2D eigenvalue weighted by Crippen LogP contribution is -2.48. The average molecular weight is 441 g/mol. The Labute approximate surface area is 186 Å². The van der Waals surface area contributed by atoms with Crippen LogP contribution in [0.2, 0.25) is 0 Å². The molecule has 1 N–H and O–H groups in total. The zero-order chi connectivity index (χ0) is 21.8. The summed E-state index contributed by atoms with van der Waals surface area (Å²) in [7, 11) is 0. The van der Waals surface area contributed by atoms with Gasteiger partial charge in [0.2, 0.25) is 5.91 Å². The van der Waals surface area contributed by atoms with E-state index in [0.29, 0.717) is 12.3 Å². The molecule has 0 unspecified atom stereocenters. The number of piperazine rings is 1. The maximum Gasteiger partial charge on any atom is 0.233 e. The predicted molar refractivity (Wildman–Crippen MR) is 120 cm³/mol. The van der Waals surface area contributed by atoms with Crippen LogP contribution in [0.5, 0.6) is 0 Å². The molecule has 1 aromatic carbocycles. The van der Waals surface area contributed by atoms with Crippen molar-refractivity contribution in [2.45, 2.75) is 39.0 Å². The molecule has 2 aromatic heterocycles. The summed E-state index contributed by atoms with van der Waals surface area (Å²) in [5, 5.41) is 16.6. The quantitative estimate of drug-likeness (QED) is 0.562. The zero-order valence-corrected chi connectivity index (χ0v) is 19.0. The van der Waals surface area contributed by atoms with Crippen molar-refractivity contribution in [3.05, 3.63) is 41.5 Å². The van der Waals surface area contributed by atoms with E-state index in [1.54, 1.807) is 0 Å². The van der Waals surface area contributed by atoms with Crippen LogP contribution >= 0.6 is 11.8 Å². The summed E-state index contributed by atoms with van der Waals surface area (Å²) in [6.45, 7) is 10.6. The van der Waals surface area contributed by atoms with Gasteiger partial charge in [0.05, 0.1) is 12.3 Å². The van der Waals surface area contributed by atoms with Gasteiger partial charge in [-0.3, -0.25) is 14.8 Å². The first-order valence-electron chi connectivity index (χ1n) is 10.5. The number of carbonyl (C=O) groups excluding carboxylic acids is 1. The minimum Gasteiger partial charge on any atom is -0.339 e. The lowest BCUT2D eigenvalue weighted by Gasteiger charge is -2.34. The Bertz CT molecular complexity index is 1040. The molecule has 1 aliphatic rings. The standard InChI is InChI=1S/C21H28N8OS/c1-4-29-20(17-8-6-5-7-15(17)2)25-26-21(29)31-14-19(30)28-11-9-27(10-12-28)13-18-22-16(3)23-24-18/h5-8H,4,9-14H2,1-3H3,(H,22,23,24). The molecule has 1 amide bonds. The van der Waals surface area contributed by atoms with Crippen molar-refractivity contribution in [2.75, 3.05) is 31.9 Å². The van der Waals surface area contributed by atoms with Crippen molar-refractivity contribution in [3.8, 4) is 11.4 Å². The van der Waals surface area contributed by atoms with E-state index in [9.17, 15) is 4.79 Å². The van der Waals surface area contributed by atoms with E-state index in [0.717, 1.165) is 66.5 Å². The number of aromatic nitrogens is 6. The van der Waals surface area contributed by atoms with E-state index in [1.807, 2.05) is 24.0 Å². The number of aromatic amines is 1. The minimum atomic E-state index is 0.140. The van der Waals surface area contributed by atoms with Crippen LogP contribution in [-0.4, -0.2) is 77.6 Å². The highest BCUT2D eigenvalue weighted by molar-refractivity contribution is 7.99. The summed E-state index contributed by atoms with van der Waals surface area (Å²) in [6, 6.07) is 8.16. The van der Waals surface area contributed by atoms with Crippen molar-refractivity contribution >= 4 is 17.7 Å². The summed E-state index contributed by atoms with van der Waals surface area (Å²) in [5.41, 5.74) is 2.24. The smallest absolute Gasteiger partial charge is 0.233 e. The molecule has 9 nitrogen and oxygen atoms in total. The fourth-order valence-corrected chi connectivity index (χ4v) is 4.64. The minimum absolute atomic E-state index is 0.140. The summed E-state index contributed by atoms with van der Waals surface area (Å²) < 4.78 is 2.08. The fraction of sp³-hybridized carbons (Fsp3) is 0.476. The second-order valence-electron chi connectivity index (χ2n) is 7.65. The highest BCUT2D eigenvalue weighted by Crippen LogP contribution is 2.26. The van der Waals surface area contributed by atoms with Crippen LogP contribution in [0.3, 0.4) is 0 Å². The van der Waals surface area contributed by atoms with Crippen molar-refractivity contribution in [2.24, 2.45) is 0 Å². The largest absolute Gasteiger partial charge is 0.339 e. The number of rotatable bonds is 7. The van der Waals surface area contributed by atoms with Crippen LogP contribution in [0.15, 0.2) is 29.4 Å². The van der Waals surface area contributed by atoms with Gasteiger partial charge >= 0.3 is 0 Å². The first kappa shape index (κ1) is 21.5. The van der Waals surface area contributed by atoms with Gasteiger partial charge in [-0.2, -0.15) is 5.10 Å². The second-order valence-corrected chi connectivity index (χ2v) is 8.59. The van der Waals surface area contributed by atoms with Crippen LogP contribution in [-0.2, 0) is 17.9 Å². The first-order chi connectivity index (χ1) is 15.0. The number of hydrogen-bond acceptors (Lipinski definition) is 7. The maximum absolute atomic E-state index is 12.8. The molecule has 1 fully saturated rings. The van der Waals surface area contributed by atoms with Crippen molar-refractivity contribution in [1.29, 1.82) is 0 Å². The van der Waals surface area contributed by atoms with Crippen molar-refractivity contribution < 1.29 is 4.79 Å². The Morgan fingerprint density at radius 3 is 2.58 bits per heavy atom. The normalized spacial score (nSPS) is 14.9. The molecule has 10 heteroatoms. The molecule has 1 aliphatic heterocycles. The van der Waals surface area contributed by atoms with Gasteiger partial charge in [0.1, 0.15) is 5.82 Å². The highest BCUT2D eigenvalue weighted by atomic mass is 32.2. The number of amides is 1. The number of nitrogens with one attached hydrogen (secondary N) is 1. The Hall–Kier alpha value is -2.72. The van der Waals surface area contributed by atoms with Gasteiger partial charge in [0, 0.05) is 38.3 Å². The molecular weight excluding hydrogens is 412 g/mol. The number of nitrogens with zero attached hydrogens (tertiary/aromatic N) is 7. The topological polar surface area (TPSA) is 95.8 Å². The number of aryl methyl sites for hydroxylation is 2. The third kappa shape index (κ3) is 4.96. The summed E-state index contributed by atoms with van der Waals surface area (Å²) in [6.07, 6.45) is 0. The molecule has 4 rings (SSSR count). The highest BCUT2D eigenvalue weighted by Gasteiger charge is 2.23. The van der Waals surface area contributed by atoms with Crippen LogP contribution in [0.1, 0.15) is 24.1 Å². The van der Waals surface area contributed by atoms with E-state index in [1.165, 1.54) is 11.8 Å². The van der Waals surface area contributed by atoms with Gasteiger partial charge in [-0.05, 0) is 26.3 Å². The van der Waals surface area contributed by atoms with Gasteiger partial charge in [0.15, 0.2) is 16.8 Å². The monoisotopic (exact) mass is 440 g/mol. The third-order valence-electron chi connectivity index (χ3n) is 5.48. The Kier molecular flexibility index (Phi) is 6.67. The number of thioether (sulfide) groups is 1. The van der Waals surface area contributed by atoms with Crippen molar-refractivity contribution in [3.63, 3.8) is 0 Å². The Morgan fingerprint density at radius 1 is 1.13 bits per heavy atom. The van der Waals surface area contributed by atoms with E-state index in [2.05, 4.69) is 60.8 Å². The van der Waals surface area contributed by atoms with E-state index >= 15 is 0 Å². The Balaban J connectivity index is 1.32. The van der Waals surface area contributed by atoms with Crippen LogP contribution in [0.4, 0.5) is 0 Å². The average Bonchev–Trinajstić information content (AvgIpc) is 3.38. The number of benzene rings is 1. The molecule has 1 saturated heterocycles. The summed E-state index contributed by atoms with van der Waals surface area (Å²) in [5.74, 6) is 2.99. The molecule has 0 atom stereocenters. The fourth-order valence-electron chi connectivity index (χ4n) is 3.74. The van der Waals surface area contributed by atoms with Gasteiger partial charge in [-0.25, -0.2) is 4.98 Å². The number of carbonyl (C=O) groups is 1. The predicted octanol–water partition coefficient (Wildman–Crippen LogP) is 2.14. The molecular formula is C21H28N8OS. The van der Waals surface area contributed by atoms with Crippen molar-refractivity contribution in [1.82, 2.24) is 39.7 Å². The molecule has 0 radical (unpaired) electrons. The number of hydrogen-bond donors (Lipinski definition) is 1. The molecule has 3 heterocycles. The molecule has 0 saturated carbocycles. The summed E-state index contributed by atoms with van der Waals surface area (Å²) in [4.78, 5) is 21.3. The van der Waals surface area contributed by atoms with E-state index in [4.69, 9.17) is 0 Å². The Morgan fingerprint density at radius 2 is 1.90 bits per heavy atom. The molecule has 0 bridgehead atoms. The molecule has 164 valence electrons. The zero-order valence-electron chi connectivity index (χ0n) is 18.2. The van der Waals surface area contributed by atoms with Gasteiger partial charge in [-0.15, -0.1) is 10.2 Å². The SMILES string of the molecule is CCn1c(SCC(=O)N2CCN(Cc3n[nH]c(C)n3)CC2)nnc1-c1ccccc1C. The summed E-state index contributed by atoms with van der Waals surface area (Å²) >= 11 is 1.46. The van der Waals surface area contributed by atoms with Crippen LogP contribution in [0, 0.1) is 13.8 Å². The van der Waals surface area contributed by atoms with Gasteiger partial charge in [-0.1, -0.05) is 36.0 Å². The lowest BCUT2D eigenvalue weighted by atomic mass is 10.1. The molecule has 3 aromatic rings. The van der Waals surface area contributed by atoms with Crippen LogP contribution in [0.25, 0.3) is 11.4 Å². The maximum atomic E-state index is 12.8.